The Morgan fingerprint density at radius 1 is 1.13 bits per heavy atom. The second kappa shape index (κ2) is 12.6. The number of fused-ring (bicyclic) bond motifs is 1. The molecular weight excluding hydrogens is 593 g/mol. The smallest absolute Gasteiger partial charge is 0.286 e. The summed E-state index contributed by atoms with van der Waals surface area (Å²) in [5.74, 6) is 5.21. The molecule has 13 nitrogen and oxygen atoms in total. The third kappa shape index (κ3) is 5.99. The van der Waals surface area contributed by atoms with Crippen molar-refractivity contribution in [1.82, 2.24) is 29.7 Å². The van der Waals surface area contributed by atoms with Crippen molar-refractivity contribution in [2.75, 3.05) is 25.0 Å². The van der Waals surface area contributed by atoms with Crippen LogP contribution in [-0.2, 0) is 22.7 Å². The molecule has 7 N–H and O–H groups in total. The first kappa shape index (κ1) is 31.4. The number of alkyl halides is 1. The summed E-state index contributed by atoms with van der Waals surface area (Å²) in [6.45, 7) is 4.45. The van der Waals surface area contributed by atoms with Gasteiger partial charge in [-0.25, -0.2) is 14.8 Å². The molecule has 1 atom stereocenters. The molecule has 46 heavy (non-hydrogen) atoms. The van der Waals surface area contributed by atoms with E-state index in [0.29, 0.717) is 62.0 Å². The van der Waals surface area contributed by atoms with Crippen LogP contribution < -0.4 is 27.9 Å². The molecule has 0 radical (unpaired) electrons. The van der Waals surface area contributed by atoms with E-state index in [2.05, 4.69) is 20.7 Å². The van der Waals surface area contributed by atoms with Gasteiger partial charge in [-0.05, 0) is 62.6 Å². The zero-order valence-electron chi connectivity index (χ0n) is 25.8. The Balaban J connectivity index is 1.22. The topological polar surface area (TPSA) is 178 Å². The van der Waals surface area contributed by atoms with Gasteiger partial charge in [0.1, 0.15) is 11.7 Å². The van der Waals surface area contributed by atoms with Crippen molar-refractivity contribution < 1.29 is 18.7 Å². The minimum absolute atomic E-state index is 0.00908. The van der Waals surface area contributed by atoms with Crippen molar-refractivity contribution in [3.8, 4) is 16.9 Å². The highest BCUT2D eigenvalue weighted by molar-refractivity contribution is 6.05. The lowest BCUT2D eigenvalue weighted by Gasteiger charge is -2.34. The molecule has 242 valence electrons. The molecule has 0 saturated carbocycles. The number of aromatic nitrogens is 4. The average molecular weight is 632 g/mol. The monoisotopic (exact) mass is 631 g/mol. The normalized spacial score (nSPS) is 16.2. The number of pyridine rings is 1. The first-order valence-corrected chi connectivity index (χ1v) is 15.2. The molecule has 0 aliphatic carbocycles. The number of hydrogen-bond donors (Lipinski definition) is 5. The van der Waals surface area contributed by atoms with Gasteiger partial charge in [0.2, 0.25) is 0 Å². The molecular formula is C32H38FN9O4. The van der Waals surface area contributed by atoms with E-state index in [1.54, 1.807) is 46.1 Å². The van der Waals surface area contributed by atoms with Crippen LogP contribution in [0.15, 0.2) is 59.5 Å². The fourth-order valence-corrected chi connectivity index (χ4v) is 6.20. The van der Waals surface area contributed by atoms with Gasteiger partial charge in [0.15, 0.2) is 11.5 Å². The lowest BCUT2D eigenvalue weighted by atomic mass is 9.92. The minimum atomic E-state index is -1.90. The average Bonchev–Trinajstić information content (AvgIpc) is 3.63. The standard InChI is InChI=1S/C32H38FN9O4/c1-32(2,33)31(45)40-13-10-20(11-14-40)23-17-22(27(38-23)28(34)39-35)19-6-8-21(9-7-19)37-29(43)26-24-18-46-16-15-41(24)42(30(26)44)25-5-3-4-12-36-25/h3-9,12,17,20,28,38-39H,10-11,13-16,18,34-35H2,1-2H3,(H,37,43). The zero-order valence-corrected chi connectivity index (χ0v) is 25.8. The van der Waals surface area contributed by atoms with Gasteiger partial charge in [-0.1, -0.05) is 18.2 Å². The Morgan fingerprint density at radius 2 is 1.87 bits per heavy atom. The molecule has 2 aliphatic heterocycles. The summed E-state index contributed by atoms with van der Waals surface area (Å²) < 4.78 is 23.0. The number of anilines is 1. The van der Waals surface area contributed by atoms with Crippen molar-refractivity contribution >= 4 is 17.5 Å². The molecule has 1 unspecified atom stereocenters. The summed E-state index contributed by atoms with van der Waals surface area (Å²) in [7, 11) is 0. The number of rotatable bonds is 8. The van der Waals surface area contributed by atoms with Crippen LogP contribution in [0.4, 0.5) is 10.1 Å². The third-order valence-electron chi connectivity index (χ3n) is 8.57. The number of ether oxygens (including phenoxy) is 1. The number of carbonyl (C=O) groups excluding carboxylic acids is 2. The summed E-state index contributed by atoms with van der Waals surface area (Å²) in [6.07, 6.45) is 2.27. The number of hydrazine groups is 1. The summed E-state index contributed by atoms with van der Waals surface area (Å²) in [5.41, 5.74) is 10.8. The minimum Gasteiger partial charge on any atom is -0.373 e. The van der Waals surface area contributed by atoms with E-state index in [-0.39, 0.29) is 18.1 Å². The number of benzene rings is 1. The lowest BCUT2D eigenvalue weighted by Crippen LogP contribution is -2.46. The first-order valence-electron chi connectivity index (χ1n) is 15.2. The van der Waals surface area contributed by atoms with Crippen molar-refractivity contribution in [3.05, 3.63) is 87.7 Å². The van der Waals surface area contributed by atoms with Gasteiger partial charge in [0.05, 0.1) is 31.1 Å². The molecule has 1 saturated heterocycles. The van der Waals surface area contributed by atoms with E-state index in [9.17, 15) is 18.8 Å². The number of aromatic amines is 1. The molecule has 0 bridgehead atoms. The lowest BCUT2D eigenvalue weighted by molar-refractivity contribution is -0.143. The SMILES string of the molecule is CC(C)(F)C(=O)N1CCC(c2cc(-c3ccc(NC(=O)c4c5n(n(-c6ccccn6)c4=O)CCOC5)cc3)c(C(N)NN)[nH]2)CC1. The zero-order chi connectivity index (χ0) is 32.6. The summed E-state index contributed by atoms with van der Waals surface area (Å²) in [5, 5.41) is 2.86. The van der Waals surface area contributed by atoms with Crippen molar-refractivity contribution in [1.29, 1.82) is 0 Å². The van der Waals surface area contributed by atoms with Crippen LogP contribution in [0.25, 0.3) is 16.9 Å². The number of piperidine rings is 1. The van der Waals surface area contributed by atoms with Gasteiger partial charge >= 0.3 is 0 Å². The number of carbonyl (C=O) groups is 2. The molecule has 14 heteroatoms. The van der Waals surface area contributed by atoms with Gasteiger partial charge < -0.3 is 25.7 Å². The molecule has 1 fully saturated rings. The number of likely N-dealkylation sites (tertiary alicyclic amines) is 1. The van der Waals surface area contributed by atoms with E-state index >= 15 is 0 Å². The van der Waals surface area contributed by atoms with E-state index in [1.807, 2.05) is 18.2 Å². The Bertz CT molecular complexity index is 1780. The Hall–Kier alpha value is -4.63. The number of nitrogens with one attached hydrogen (secondary N) is 3. The highest BCUT2D eigenvalue weighted by atomic mass is 19.1. The van der Waals surface area contributed by atoms with Gasteiger partial charge in [0.25, 0.3) is 17.4 Å². The molecule has 0 spiro atoms. The predicted octanol–water partition coefficient (Wildman–Crippen LogP) is 2.69. The van der Waals surface area contributed by atoms with Crippen LogP contribution in [0.2, 0.25) is 0 Å². The van der Waals surface area contributed by atoms with Crippen LogP contribution in [0.1, 0.15) is 66.2 Å². The molecule has 5 heterocycles. The van der Waals surface area contributed by atoms with E-state index in [1.165, 1.54) is 18.5 Å². The van der Waals surface area contributed by atoms with Crippen molar-refractivity contribution in [3.63, 3.8) is 0 Å². The number of amides is 2. The largest absolute Gasteiger partial charge is 0.373 e. The van der Waals surface area contributed by atoms with Crippen LogP contribution in [0.3, 0.4) is 0 Å². The molecule has 4 aromatic rings. The van der Waals surface area contributed by atoms with Gasteiger partial charge in [-0.2, -0.15) is 4.68 Å². The second-order valence-corrected chi connectivity index (χ2v) is 12.1. The molecule has 1 aromatic carbocycles. The molecule has 3 aromatic heterocycles. The van der Waals surface area contributed by atoms with E-state index in [4.69, 9.17) is 16.3 Å². The summed E-state index contributed by atoms with van der Waals surface area (Å²) >= 11 is 0. The summed E-state index contributed by atoms with van der Waals surface area (Å²) in [6, 6.07) is 14.5. The van der Waals surface area contributed by atoms with Crippen LogP contribution in [-0.4, -0.2) is 61.4 Å². The van der Waals surface area contributed by atoms with Gasteiger partial charge in [-0.15, -0.1) is 0 Å². The third-order valence-corrected chi connectivity index (χ3v) is 8.57. The Kier molecular flexibility index (Phi) is 8.61. The quantitative estimate of drug-likeness (QED) is 0.112. The van der Waals surface area contributed by atoms with Gasteiger partial charge in [0, 0.05) is 42.1 Å². The summed E-state index contributed by atoms with van der Waals surface area (Å²) in [4.78, 5) is 48.7. The molecule has 2 amide bonds. The van der Waals surface area contributed by atoms with Crippen molar-refractivity contribution in [2.24, 2.45) is 11.6 Å². The number of halogens is 1. The molecule has 6 rings (SSSR count). The Morgan fingerprint density at radius 3 is 2.52 bits per heavy atom. The second-order valence-electron chi connectivity index (χ2n) is 12.1. The number of nitrogens with zero attached hydrogens (tertiary/aromatic N) is 4. The number of nitrogens with two attached hydrogens (primary N) is 2. The Labute approximate surface area is 264 Å². The first-order chi connectivity index (χ1) is 22.1. The number of hydrogen-bond acceptors (Lipinski definition) is 8. The maximum absolute atomic E-state index is 14.2. The highest BCUT2D eigenvalue weighted by Gasteiger charge is 2.35. The van der Waals surface area contributed by atoms with E-state index < -0.39 is 29.2 Å². The van der Waals surface area contributed by atoms with Crippen LogP contribution in [0.5, 0.6) is 0 Å². The fraction of sp³-hybridized carbons (Fsp3) is 0.375. The van der Waals surface area contributed by atoms with Crippen LogP contribution >= 0.6 is 0 Å². The fourth-order valence-electron chi connectivity index (χ4n) is 6.20. The number of H-pyrrole nitrogens is 1. The van der Waals surface area contributed by atoms with Gasteiger partial charge in [-0.3, -0.25) is 24.9 Å². The maximum atomic E-state index is 14.2. The highest BCUT2D eigenvalue weighted by Crippen LogP contribution is 2.35. The molecule has 2 aliphatic rings. The van der Waals surface area contributed by atoms with Crippen LogP contribution in [0, 0.1) is 0 Å². The van der Waals surface area contributed by atoms with E-state index in [0.717, 1.165) is 16.8 Å². The maximum Gasteiger partial charge on any atom is 0.286 e. The predicted molar refractivity (Wildman–Crippen MR) is 170 cm³/mol. The van der Waals surface area contributed by atoms with Crippen molar-refractivity contribution in [2.45, 2.75) is 57.6 Å².